The Bertz CT molecular complexity index is 357. The fourth-order valence-corrected chi connectivity index (χ4v) is 1.58. The number of alkyl halides is 3. The first-order valence-electron chi connectivity index (χ1n) is 4.89. The zero-order valence-corrected chi connectivity index (χ0v) is 8.41. The van der Waals surface area contributed by atoms with Gasteiger partial charge in [-0.1, -0.05) is 6.07 Å². The minimum atomic E-state index is -4.20. The molecule has 88 valence electrons. The molecule has 0 saturated carbocycles. The Kier molecular flexibility index (Phi) is 2.75. The Balaban J connectivity index is 2.00. The monoisotopic (exact) mass is 232 g/mol. The van der Waals surface area contributed by atoms with E-state index in [1.807, 2.05) is 4.90 Å². The van der Waals surface area contributed by atoms with Crippen molar-refractivity contribution in [3.63, 3.8) is 0 Å². The predicted molar refractivity (Wildman–Crippen MR) is 52.2 cm³/mol. The summed E-state index contributed by atoms with van der Waals surface area (Å²) < 4.78 is 36.2. The highest BCUT2D eigenvalue weighted by atomic mass is 19.4. The number of hydrogen-bond acceptors (Lipinski definition) is 3. The van der Waals surface area contributed by atoms with Crippen LogP contribution >= 0.6 is 0 Å². The quantitative estimate of drug-likeness (QED) is 0.836. The number of aliphatic hydroxyl groups is 1. The van der Waals surface area contributed by atoms with Crippen molar-refractivity contribution in [1.29, 1.82) is 0 Å². The van der Waals surface area contributed by atoms with E-state index in [-0.39, 0.29) is 11.7 Å². The van der Waals surface area contributed by atoms with Crippen molar-refractivity contribution in [2.75, 3.05) is 18.0 Å². The maximum atomic E-state index is 12.1. The summed E-state index contributed by atoms with van der Waals surface area (Å²) >= 11 is 0. The van der Waals surface area contributed by atoms with Crippen LogP contribution in [0, 0.1) is 0 Å². The van der Waals surface area contributed by atoms with Crippen LogP contribution in [0.1, 0.15) is 5.56 Å². The van der Waals surface area contributed by atoms with Crippen molar-refractivity contribution in [1.82, 2.24) is 4.98 Å². The molecule has 2 heterocycles. The van der Waals surface area contributed by atoms with Crippen LogP contribution in [-0.4, -0.2) is 35.5 Å². The lowest BCUT2D eigenvalue weighted by Gasteiger charge is -2.36. The molecule has 0 bridgehead atoms. The SMILES string of the molecule is OC1CN(c2ccc(CC(F)(F)F)cn2)C1. The van der Waals surface area contributed by atoms with Gasteiger partial charge in [0, 0.05) is 19.3 Å². The summed E-state index contributed by atoms with van der Waals surface area (Å²) in [5, 5.41) is 9.07. The van der Waals surface area contributed by atoms with Crippen LogP contribution in [0.3, 0.4) is 0 Å². The smallest absolute Gasteiger partial charge is 0.389 e. The number of hydrogen-bond donors (Lipinski definition) is 1. The Morgan fingerprint density at radius 1 is 1.38 bits per heavy atom. The Hall–Kier alpha value is -1.30. The minimum Gasteiger partial charge on any atom is -0.389 e. The average molecular weight is 232 g/mol. The van der Waals surface area contributed by atoms with Crippen molar-refractivity contribution in [3.05, 3.63) is 23.9 Å². The summed E-state index contributed by atoms with van der Waals surface area (Å²) in [4.78, 5) is 5.74. The van der Waals surface area contributed by atoms with E-state index >= 15 is 0 Å². The lowest BCUT2D eigenvalue weighted by molar-refractivity contribution is -0.127. The van der Waals surface area contributed by atoms with E-state index in [1.165, 1.54) is 12.3 Å². The molecule has 1 aromatic rings. The summed E-state index contributed by atoms with van der Waals surface area (Å²) in [5.74, 6) is 0.608. The summed E-state index contributed by atoms with van der Waals surface area (Å²) in [7, 11) is 0. The number of halogens is 3. The van der Waals surface area contributed by atoms with Gasteiger partial charge in [-0.15, -0.1) is 0 Å². The number of aromatic nitrogens is 1. The van der Waals surface area contributed by atoms with Gasteiger partial charge in [-0.2, -0.15) is 13.2 Å². The molecule has 6 heteroatoms. The van der Waals surface area contributed by atoms with Gasteiger partial charge >= 0.3 is 6.18 Å². The van der Waals surface area contributed by atoms with Crippen molar-refractivity contribution in [2.45, 2.75) is 18.7 Å². The van der Waals surface area contributed by atoms with Crippen molar-refractivity contribution < 1.29 is 18.3 Å². The first-order chi connectivity index (χ1) is 7.44. The largest absolute Gasteiger partial charge is 0.393 e. The maximum absolute atomic E-state index is 12.1. The Morgan fingerprint density at radius 2 is 2.06 bits per heavy atom. The summed E-state index contributed by atoms with van der Waals surface area (Å²) in [6.45, 7) is 0.983. The predicted octanol–water partition coefficient (Wildman–Crippen LogP) is 1.37. The zero-order valence-electron chi connectivity index (χ0n) is 8.41. The van der Waals surface area contributed by atoms with Crippen LogP contribution in [0.4, 0.5) is 19.0 Å². The molecule has 0 atom stereocenters. The first kappa shape index (κ1) is 11.2. The number of pyridine rings is 1. The number of anilines is 1. The molecule has 1 aromatic heterocycles. The van der Waals surface area contributed by atoms with Crippen LogP contribution in [-0.2, 0) is 6.42 Å². The third-order valence-corrected chi connectivity index (χ3v) is 2.40. The molecule has 0 aliphatic carbocycles. The summed E-state index contributed by atoms with van der Waals surface area (Å²) in [5.41, 5.74) is 0.150. The van der Waals surface area contributed by atoms with Gasteiger partial charge in [0.25, 0.3) is 0 Å². The molecule has 16 heavy (non-hydrogen) atoms. The fraction of sp³-hybridized carbons (Fsp3) is 0.500. The molecule has 1 fully saturated rings. The molecule has 0 aromatic carbocycles. The average Bonchev–Trinajstić information content (AvgIpc) is 2.12. The van der Waals surface area contributed by atoms with Crippen LogP contribution in [0.25, 0.3) is 0 Å². The van der Waals surface area contributed by atoms with Gasteiger partial charge in [0.05, 0.1) is 12.5 Å². The highest BCUT2D eigenvalue weighted by Crippen LogP contribution is 2.23. The minimum absolute atomic E-state index is 0.150. The van der Waals surface area contributed by atoms with Gasteiger partial charge < -0.3 is 10.0 Å². The molecule has 0 radical (unpaired) electrons. The highest BCUT2D eigenvalue weighted by molar-refractivity contribution is 5.42. The first-order valence-corrected chi connectivity index (χ1v) is 4.89. The molecule has 3 nitrogen and oxygen atoms in total. The fourth-order valence-electron chi connectivity index (χ4n) is 1.58. The lowest BCUT2D eigenvalue weighted by Crippen LogP contribution is -2.51. The molecular formula is C10H11F3N2O. The van der Waals surface area contributed by atoms with Crippen LogP contribution in [0.5, 0.6) is 0 Å². The van der Waals surface area contributed by atoms with E-state index in [4.69, 9.17) is 5.11 Å². The summed E-state index contributed by atoms with van der Waals surface area (Å²) in [6, 6.07) is 2.97. The molecular weight excluding hydrogens is 221 g/mol. The molecule has 2 rings (SSSR count). The number of rotatable bonds is 2. The van der Waals surface area contributed by atoms with Gasteiger partial charge in [0.1, 0.15) is 5.82 Å². The highest BCUT2D eigenvalue weighted by Gasteiger charge is 2.28. The second-order valence-electron chi connectivity index (χ2n) is 3.88. The van der Waals surface area contributed by atoms with Crippen molar-refractivity contribution in [2.24, 2.45) is 0 Å². The normalized spacial score (nSPS) is 17.4. The van der Waals surface area contributed by atoms with Gasteiger partial charge in [-0.25, -0.2) is 4.98 Å². The van der Waals surface area contributed by atoms with Gasteiger partial charge in [0.15, 0.2) is 0 Å². The Labute approximate surface area is 90.5 Å². The van der Waals surface area contributed by atoms with Gasteiger partial charge in [0.2, 0.25) is 0 Å². The van der Waals surface area contributed by atoms with E-state index < -0.39 is 12.6 Å². The van der Waals surface area contributed by atoms with Gasteiger partial charge in [-0.05, 0) is 11.6 Å². The van der Waals surface area contributed by atoms with E-state index in [1.54, 1.807) is 6.07 Å². The summed E-state index contributed by atoms with van der Waals surface area (Å²) in [6.07, 6.45) is -4.27. The van der Waals surface area contributed by atoms with Crippen LogP contribution in [0.2, 0.25) is 0 Å². The van der Waals surface area contributed by atoms with Crippen LogP contribution < -0.4 is 4.90 Å². The Morgan fingerprint density at radius 3 is 2.50 bits per heavy atom. The molecule has 0 amide bonds. The third kappa shape index (κ3) is 2.63. The second-order valence-corrected chi connectivity index (χ2v) is 3.88. The third-order valence-electron chi connectivity index (χ3n) is 2.40. The van der Waals surface area contributed by atoms with Crippen LogP contribution in [0.15, 0.2) is 18.3 Å². The molecule has 1 N–H and O–H groups in total. The zero-order chi connectivity index (χ0) is 11.8. The van der Waals surface area contributed by atoms with E-state index in [9.17, 15) is 13.2 Å². The van der Waals surface area contributed by atoms with Gasteiger partial charge in [-0.3, -0.25) is 0 Å². The second kappa shape index (κ2) is 3.93. The molecule has 1 saturated heterocycles. The van der Waals surface area contributed by atoms with Crippen molar-refractivity contribution >= 4 is 5.82 Å². The standard InChI is InChI=1S/C10H11F3N2O/c11-10(12,13)3-7-1-2-9(14-4-7)15-5-8(16)6-15/h1-2,4,8,16H,3,5-6H2. The van der Waals surface area contributed by atoms with E-state index in [2.05, 4.69) is 4.98 Å². The number of aliphatic hydroxyl groups excluding tert-OH is 1. The molecule has 1 aliphatic heterocycles. The van der Waals surface area contributed by atoms with E-state index in [0.29, 0.717) is 18.9 Å². The lowest BCUT2D eigenvalue weighted by atomic mass is 10.1. The van der Waals surface area contributed by atoms with Crippen molar-refractivity contribution in [3.8, 4) is 0 Å². The molecule has 0 unspecified atom stereocenters. The molecule has 1 aliphatic rings. The number of β-amino-alcohol motifs (C(OH)–C–C–N with tert-alkyl or cyclic N) is 1. The topological polar surface area (TPSA) is 36.4 Å². The molecule has 0 spiro atoms. The number of nitrogens with zero attached hydrogens (tertiary/aromatic N) is 2. The van der Waals surface area contributed by atoms with E-state index in [0.717, 1.165) is 0 Å². The maximum Gasteiger partial charge on any atom is 0.393 e.